The van der Waals surface area contributed by atoms with Crippen LogP contribution >= 0.6 is 0 Å². The summed E-state index contributed by atoms with van der Waals surface area (Å²) in [7, 11) is 1.36. The number of aromatic nitrogens is 2. The Balaban J connectivity index is 2.24. The van der Waals surface area contributed by atoms with E-state index in [1.807, 2.05) is 12.3 Å². The van der Waals surface area contributed by atoms with E-state index in [0.29, 0.717) is 22.7 Å². The van der Waals surface area contributed by atoms with Crippen molar-refractivity contribution in [3.05, 3.63) is 48.5 Å². The van der Waals surface area contributed by atoms with Gasteiger partial charge in [-0.05, 0) is 24.3 Å². The molecule has 3 aromatic rings. The van der Waals surface area contributed by atoms with Crippen molar-refractivity contribution >= 4 is 11.5 Å². The highest BCUT2D eigenvalue weighted by Crippen LogP contribution is 2.22. The van der Waals surface area contributed by atoms with Crippen LogP contribution < -0.4 is 0 Å². The molecule has 0 radical (unpaired) electrons. The lowest BCUT2D eigenvalue weighted by Gasteiger charge is -2.02. The van der Waals surface area contributed by atoms with Gasteiger partial charge in [-0.2, -0.15) is 0 Å². The number of imidazole rings is 1. The Morgan fingerprint density at radius 2 is 2.28 bits per heavy atom. The molecule has 3 rings (SSSR count). The van der Waals surface area contributed by atoms with Gasteiger partial charge in [0.1, 0.15) is 0 Å². The van der Waals surface area contributed by atoms with Crippen molar-refractivity contribution in [3.8, 4) is 11.6 Å². The summed E-state index contributed by atoms with van der Waals surface area (Å²) in [6, 6.07) is 7.09. The molecule has 0 fully saturated rings. The Labute approximate surface area is 103 Å². The molecule has 0 aliphatic carbocycles. The van der Waals surface area contributed by atoms with Gasteiger partial charge in [-0.3, -0.25) is 4.40 Å². The molecule has 0 spiro atoms. The fourth-order valence-corrected chi connectivity index (χ4v) is 1.89. The molecule has 5 nitrogen and oxygen atoms in total. The molecule has 0 aromatic carbocycles. The Bertz CT molecular complexity index is 698. The van der Waals surface area contributed by atoms with Gasteiger partial charge in [0.05, 0.1) is 30.6 Å². The predicted molar refractivity (Wildman–Crippen MR) is 64.2 cm³/mol. The van der Waals surface area contributed by atoms with E-state index in [0.717, 1.165) is 0 Å². The molecule has 0 saturated carbocycles. The minimum Gasteiger partial charge on any atom is -0.465 e. The molecule has 0 atom stereocenters. The normalized spacial score (nSPS) is 10.7. The summed E-state index contributed by atoms with van der Waals surface area (Å²) in [6.07, 6.45) is 5.04. The first kappa shape index (κ1) is 10.6. The summed E-state index contributed by atoms with van der Waals surface area (Å²) in [5.74, 6) is 0.921. The van der Waals surface area contributed by atoms with Crippen LogP contribution in [0.2, 0.25) is 0 Å². The van der Waals surface area contributed by atoms with E-state index in [1.54, 1.807) is 35.1 Å². The summed E-state index contributed by atoms with van der Waals surface area (Å²) < 4.78 is 11.9. The number of rotatable bonds is 2. The highest BCUT2D eigenvalue weighted by atomic mass is 16.5. The van der Waals surface area contributed by atoms with Crippen molar-refractivity contribution in [2.24, 2.45) is 0 Å². The molecular weight excluding hydrogens is 232 g/mol. The van der Waals surface area contributed by atoms with Crippen LogP contribution in [0, 0.1) is 0 Å². The van der Waals surface area contributed by atoms with Crippen molar-refractivity contribution in [2.75, 3.05) is 7.11 Å². The van der Waals surface area contributed by atoms with E-state index in [4.69, 9.17) is 9.15 Å². The SMILES string of the molecule is COC(=O)c1cccn2c(-c3ccco3)ncc12. The molecule has 18 heavy (non-hydrogen) atoms. The van der Waals surface area contributed by atoms with E-state index in [2.05, 4.69) is 4.98 Å². The van der Waals surface area contributed by atoms with E-state index < -0.39 is 0 Å². The molecule has 5 heteroatoms. The second kappa shape index (κ2) is 4.03. The summed E-state index contributed by atoms with van der Waals surface area (Å²) in [4.78, 5) is 15.9. The quantitative estimate of drug-likeness (QED) is 0.647. The Morgan fingerprint density at radius 1 is 1.39 bits per heavy atom. The zero-order chi connectivity index (χ0) is 12.5. The molecule has 0 aliphatic rings. The fraction of sp³-hybridized carbons (Fsp3) is 0.0769. The highest BCUT2D eigenvalue weighted by Gasteiger charge is 2.15. The molecule has 0 N–H and O–H groups in total. The first-order chi connectivity index (χ1) is 8.81. The van der Waals surface area contributed by atoms with Crippen LogP contribution in [-0.2, 0) is 4.74 Å². The van der Waals surface area contributed by atoms with Crippen molar-refractivity contribution in [3.63, 3.8) is 0 Å². The van der Waals surface area contributed by atoms with E-state index >= 15 is 0 Å². The number of nitrogens with zero attached hydrogens (tertiary/aromatic N) is 2. The Hall–Kier alpha value is -2.56. The van der Waals surface area contributed by atoms with Gasteiger partial charge < -0.3 is 9.15 Å². The van der Waals surface area contributed by atoms with Gasteiger partial charge in [0.15, 0.2) is 11.6 Å². The first-order valence-corrected chi connectivity index (χ1v) is 5.39. The topological polar surface area (TPSA) is 56.7 Å². The Kier molecular flexibility index (Phi) is 2.37. The number of carbonyl (C=O) groups is 1. The standard InChI is InChI=1S/C13H10N2O3/c1-17-13(16)9-4-2-6-15-10(9)8-14-12(15)11-5-3-7-18-11/h2-8H,1H3. The third-order valence-corrected chi connectivity index (χ3v) is 2.72. The van der Waals surface area contributed by atoms with E-state index in [1.165, 1.54) is 7.11 Å². The van der Waals surface area contributed by atoms with Crippen LogP contribution in [-0.4, -0.2) is 22.5 Å². The molecule has 90 valence electrons. The van der Waals surface area contributed by atoms with Crippen molar-refractivity contribution < 1.29 is 13.9 Å². The lowest BCUT2D eigenvalue weighted by molar-refractivity contribution is 0.0602. The average Bonchev–Trinajstić information content (AvgIpc) is 3.05. The fourth-order valence-electron chi connectivity index (χ4n) is 1.89. The molecule has 0 bridgehead atoms. The average molecular weight is 242 g/mol. The van der Waals surface area contributed by atoms with Gasteiger partial charge in [-0.25, -0.2) is 9.78 Å². The monoisotopic (exact) mass is 242 g/mol. The van der Waals surface area contributed by atoms with Gasteiger partial charge in [0.2, 0.25) is 0 Å². The molecule has 0 saturated heterocycles. The maximum Gasteiger partial charge on any atom is 0.340 e. The maximum absolute atomic E-state index is 11.6. The van der Waals surface area contributed by atoms with E-state index in [9.17, 15) is 4.79 Å². The minimum atomic E-state index is -0.383. The van der Waals surface area contributed by atoms with Gasteiger partial charge in [-0.1, -0.05) is 0 Å². The number of carbonyl (C=O) groups excluding carboxylic acids is 1. The molecule has 0 amide bonds. The largest absolute Gasteiger partial charge is 0.465 e. The van der Waals surface area contributed by atoms with Crippen molar-refractivity contribution in [1.29, 1.82) is 0 Å². The van der Waals surface area contributed by atoms with Crippen LogP contribution in [0.15, 0.2) is 47.3 Å². The third-order valence-electron chi connectivity index (χ3n) is 2.72. The van der Waals surface area contributed by atoms with E-state index in [-0.39, 0.29) is 5.97 Å². The van der Waals surface area contributed by atoms with Crippen LogP contribution in [0.1, 0.15) is 10.4 Å². The Morgan fingerprint density at radius 3 is 3.00 bits per heavy atom. The molecule has 0 unspecified atom stereocenters. The molecular formula is C13H10N2O3. The molecule has 3 aromatic heterocycles. The number of fused-ring (bicyclic) bond motifs is 1. The number of hydrogen-bond acceptors (Lipinski definition) is 4. The van der Waals surface area contributed by atoms with Crippen molar-refractivity contribution in [1.82, 2.24) is 9.38 Å². The number of furan rings is 1. The van der Waals surface area contributed by atoms with Gasteiger partial charge >= 0.3 is 5.97 Å². The lowest BCUT2D eigenvalue weighted by Crippen LogP contribution is -2.03. The van der Waals surface area contributed by atoms with Crippen LogP contribution in [0.3, 0.4) is 0 Å². The molecule has 0 aliphatic heterocycles. The lowest BCUT2D eigenvalue weighted by atomic mass is 10.2. The number of pyridine rings is 1. The second-order valence-electron chi connectivity index (χ2n) is 3.73. The number of methoxy groups -OCH3 is 1. The van der Waals surface area contributed by atoms with Gasteiger partial charge in [0.25, 0.3) is 0 Å². The predicted octanol–water partition coefficient (Wildman–Crippen LogP) is 2.38. The summed E-state index contributed by atoms with van der Waals surface area (Å²) >= 11 is 0. The zero-order valence-corrected chi connectivity index (χ0v) is 9.66. The number of ether oxygens (including phenoxy) is 1. The highest BCUT2D eigenvalue weighted by molar-refractivity contribution is 5.97. The summed E-state index contributed by atoms with van der Waals surface area (Å²) in [5, 5.41) is 0. The summed E-state index contributed by atoms with van der Waals surface area (Å²) in [5.41, 5.74) is 1.17. The minimum absolute atomic E-state index is 0.383. The molecule has 3 heterocycles. The smallest absolute Gasteiger partial charge is 0.340 e. The van der Waals surface area contributed by atoms with Crippen LogP contribution in [0.25, 0.3) is 17.1 Å². The second-order valence-corrected chi connectivity index (χ2v) is 3.73. The van der Waals surface area contributed by atoms with Gasteiger partial charge in [0, 0.05) is 6.20 Å². The maximum atomic E-state index is 11.6. The van der Waals surface area contributed by atoms with Crippen molar-refractivity contribution in [2.45, 2.75) is 0 Å². The first-order valence-electron chi connectivity index (χ1n) is 5.39. The van der Waals surface area contributed by atoms with Crippen LogP contribution in [0.5, 0.6) is 0 Å². The summed E-state index contributed by atoms with van der Waals surface area (Å²) in [6.45, 7) is 0. The zero-order valence-electron chi connectivity index (χ0n) is 9.66. The third kappa shape index (κ3) is 1.48. The van der Waals surface area contributed by atoms with Crippen LogP contribution in [0.4, 0.5) is 0 Å². The number of hydrogen-bond donors (Lipinski definition) is 0. The number of esters is 1. The van der Waals surface area contributed by atoms with Gasteiger partial charge in [-0.15, -0.1) is 0 Å².